The van der Waals surface area contributed by atoms with Crippen molar-refractivity contribution in [2.75, 3.05) is 0 Å². The fraction of sp³-hybridized carbons (Fsp3) is 0.0556. The van der Waals surface area contributed by atoms with Gasteiger partial charge in [-0.05, 0) is 18.5 Å². The summed E-state index contributed by atoms with van der Waals surface area (Å²) in [6.45, 7) is 0.203. The van der Waals surface area contributed by atoms with E-state index in [9.17, 15) is 0 Å². The summed E-state index contributed by atoms with van der Waals surface area (Å²) < 4.78 is 7.52. The van der Waals surface area contributed by atoms with Gasteiger partial charge in [0.1, 0.15) is 0 Å². The topological polar surface area (TPSA) is 12.9 Å². The summed E-state index contributed by atoms with van der Waals surface area (Å²) >= 11 is 0. The Kier molecular flexibility index (Phi) is 2.80. The molecule has 0 aliphatic rings. The van der Waals surface area contributed by atoms with Crippen LogP contribution < -0.4 is 0 Å². The Morgan fingerprint density at radius 1 is 0.737 bits per heavy atom. The van der Waals surface area contributed by atoms with E-state index in [0.717, 1.165) is 28.1 Å². The van der Waals surface area contributed by atoms with Crippen molar-refractivity contribution in [2.45, 2.75) is 6.90 Å². The quantitative estimate of drug-likeness (QED) is 0.637. The number of aryl methyl sites for hydroxylation is 1. The summed E-state index contributed by atoms with van der Waals surface area (Å²) in [6, 6.07) is 24.4. The summed E-state index contributed by atoms with van der Waals surface area (Å²) in [5.74, 6) is 0. The number of aromatic nitrogens is 1. The number of nitrogens with zero attached hydrogens (tertiary/aromatic N) is 1. The standard InChI is InChI=1S/C18H15N/c1-14-12-13-17(15-8-4-2-5-9-15)18(19-14)16-10-6-3-7-11-16/h2-13H,1H3/i1D. The number of hydrogen-bond donors (Lipinski definition) is 0. The third-order valence-corrected chi connectivity index (χ3v) is 3.08. The smallest absolute Gasteiger partial charge is 0.0783 e. The fourth-order valence-corrected chi connectivity index (χ4v) is 2.17. The molecule has 1 nitrogen and oxygen atoms in total. The first-order chi connectivity index (χ1) is 9.88. The van der Waals surface area contributed by atoms with E-state index in [1.54, 1.807) is 0 Å². The van der Waals surface area contributed by atoms with Crippen LogP contribution in [0.1, 0.15) is 7.06 Å². The molecule has 3 aromatic rings. The van der Waals surface area contributed by atoms with E-state index in [1.165, 1.54) is 0 Å². The Morgan fingerprint density at radius 3 is 2.00 bits per heavy atom. The number of pyridine rings is 1. The second kappa shape index (κ2) is 5.07. The molecule has 0 atom stereocenters. The molecular formula is C18H15N. The van der Waals surface area contributed by atoms with Crippen LogP contribution in [0.3, 0.4) is 0 Å². The van der Waals surface area contributed by atoms with Crippen molar-refractivity contribution in [2.24, 2.45) is 0 Å². The van der Waals surface area contributed by atoms with E-state index in [2.05, 4.69) is 35.3 Å². The molecule has 19 heavy (non-hydrogen) atoms. The molecular weight excluding hydrogens is 230 g/mol. The lowest BCUT2D eigenvalue weighted by atomic mass is 9.99. The molecule has 2 aromatic carbocycles. The van der Waals surface area contributed by atoms with Crippen LogP contribution in [0.5, 0.6) is 0 Å². The zero-order valence-electron chi connectivity index (χ0n) is 11.6. The van der Waals surface area contributed by atoms with Gasteiger partial charge in [0, 0.05) is 18.2 Å². The molecule has 0 N–H and O–H groups in total. The minimum absolute atomic E-state index is 0.203. The van der Waals surface area contributed by atoms with Gasteiger partial charge in [0.25, 0.3) is 0 Å². The highest BCUT2D eigenvalue weighted by molar-refractivity contribution is 5.80. The zero-order valence-corrected chi connectivity index (χ0v) is 10.6. The maximum absolute atomic E-state index is 7.52. The summed E-state index contributed by atoms with van der Waals surface area (Å²) in [5.41, 5.74) is 5.08. The molecule has 1 aromatic heterocycles. The molecule has 3 rings (SSSR count). The molecule has 0 aliphatic heterocycles. The van der Waals surface area contributed by atoms with Crippen molar-refractivity contribution < 1.29 is 1.37 Å². The van der Waals surface area contributed by atoms with Crippen LogP contribution in [0.2, 0.25) is 0 Å². The molecule has 0 radical (unpaired) electrons. The first-order valence-electron chi connectivity index (χ1n) is 6.99. The third-order valence-electron chi connectivity index (χ3n) is 3.08. The second-order valence-electron chi connectivity index (χ2n) is 4.43. The summed E-state index contributed by atoms with van der Waals surface area (Å²) in [5, 5.41) is 0. The van der Waals surface area contributed by atoms with E-state index in [-0.39, 0.29) is 6.90 Å². The molecule has 0 amide bonds. The van der Waals surface area contributed by atoms with Gasteiger partial charge in [-0.25, -0.2) is 0 Å². The monoisotopic (exact) mass is 246 g/mol. The van der Waals surface area contributed by atoms with Crippen LogP contribution in [-0.4, -0.2) is 4.98 Å². The Morgan fingerprint density at radius 2 is 1.37 bits per heavy atom. The highest BCUT2D eigenvalue weighted by Crippen LogP contribution is 2.30. The number of benzene rings is 2. The molecule has 0 saturated heterocycles. The predicted octanol–water partition coefficient (Wildman–Crippen LogP) is 4.72. The lowest BCUT2D eigenvalue weighted by molar-refractivity contribution is 1.21. The molecule has 0 spiro atoms. The van der Waals surface area contributed by atoms with Crippen molar-refractivity contribution in [1.29, 1.82) is 0 Å². The fourth-order valence-electron chi connectivity index (χ4n) is 2.17. The summed E-state index contributed by atoms with van der Waals surface area (Å²) in [4.78, 5) is 4.65. The van der Waals surface area contributed by atoms with Crippen molar-refractivity contribution in [3.63, 3.8) is 0 Å². The van der Waals surface area contributed by atoms with E-state index in [1.807, 2.05) is 42.5 Å². The minimum Gasteiger partial charge on any atom is -0.252 e. The highest BCUT2D eigenvalue weighted by atomic mass is 14.7. The third kappa shape index (κ3) is 2.41. The Labute approximate surface area is 115 Å². The lowest BCUT2D eigenvalue weighted by Gasteiger charge is -2.10. The van der Waals surface area contributed by atoms with E-state index < -0.39 is 0 Å². The van der Waals surface area contributed by atoms with Gasteiger partial charge in [0.15, 0.2) is 0 Å². The van der Waals surface area contributed by atoms with Crippen LogP contribution >= 0.6 is 0 Å². The first kappa shape index (κ1) is 10.5. The molecule has 0 saturated carbocycles. The van der Waals surface area contributed by atoms with Crippen LogP contribution in [-0.2, 0) is 0 Å². The van der Waals surface area contributed by atoms with Gasteiger partial charge in [-0.3, -0.25) is 4.98 Å². The molecule has 0 unspecified atom stereocenters. The van der Waals surface area contributed by atoms with Gasteiger partial charge >= 0.3 is 0 Å². The van der Waals surface area contributed by atoms with E-state index >= 15 is 0 Å². The van der Waals surface area contributed by atoms with Gasteiger partial charge < -0.3 is 0 Å². The molecule has 0 bridgehead atoms. The van der Waals surface area contributed by atoms with Gasteiger partial charge in [-0.1, -0.05) is 66.7 Å². The molecule has 1 heteroatoms. The van der Waals surface area contributed by atoms with Gasteiger partial charge in [-0.15, -0.1) is 0 Å². The van der Waals surface area contributed by atoms with Gasteiger partial charge in [-0.2, -0.15) is 0 Å². The lowest BCUT2D eigenvalue weighted by Crippen LogP contribution is -1.91. The normalized spacial score (nSPS) is 11.1. The van der Waals surface area contributed by atoms with E-state index in [0.29, 0.717) is 0 Å². The molecule has 0 aliphatic carbocycles. The average molecular weight is 246 g/mol. The molecule has 0 fully saturated rings. The zero-order chi connectivity index (χ0) is 13.8. The summed E-state index contributed by atoms with van der Waals surface area (Å²) in [7, 11) is 0. The second-order valence-corrected chi connectivity index (χ2v) is 4.43. The minimum atomic E-state index is 0.203. The van der Waals surface area contributed by atoms with Crippen molar-refractivity contribution in [3.8, 4) is 22.4 Å². The van der Waals surface area contributed by atoms with Crippen molar-refractivity contribution in [3.05, 3.63) is 78.5 Å². The first-order valence-corrected chi connectivity index (χ1v) is 6.28. The van der Waals surface area contributed by atoms with Crippen molar-refractivity contribution in [1.82, 2.24) is 4.98 Å². The molecule has 1 heterocycles. The Balaban J connectivity index is 2.20. The largest absolute Gasteiger partial charge is 0.252 e. The number of hydrogen-bond acceptors (Lipinski definition) is 1. The highest BCUT2D eigenvalue weighted by Gasteiger charge is 2.08. The van der Waals surface area contributed by atoms with Gasteiger partial charge in [0.2, 0.25) is 0 Å². The van der Waals surface area contributed by atoms with E-state index in [4.69, 9.17) is 1.37 Å². The SMILES string of the molecule is [2H]Cc1ccc(-c2ccccc2)c(-c2ccccc2)n1. The predicted molar refractivity (Wildman–Crippen MR) is 79.8 cm³/mol. The van der Waals surface area contributed by atoms with Crippen LogP contribution in [0, 0.1) is 6.90 Å². The molecule has 92 valence electrons. The number of rotatable bonds is 2. The summed E-state index contributed by atoms with van der Waals surface area (Å²) in [6.07, 6.45) is 0. The maximum Gasteiger partial charge on any atom is 0.0783 e. The Hall–Kier alpha value is -2.41. The van der Waals surface area contributed by atoms with Crippen LogP contribution in [0.4, 0.5) is 0 Å². The van der Waals surface area contributed by atoms with Crippen molar-refractivity contribution >= 4 is 0 Å². The van der Waals surface area contributed by atoms with Crippen LogP contribution in [0.25, 0.3) is 22.4 Å². The average Bonchev–Trinajstić information content (AvgIpc) is 2.56. The Bertz CT molecular complexity index is 693. The van der Waals surface area contributed by atoms with Gasteiger partial charge in [0.05, 0.1) is 5.69 Å². The maximum atomic E-state index is 7.52. The van der Waals surface area contributed by atoms with Crippen LogP contribution in [0.15, 0.2) is 72.8 Å².